The van der Waals surface area contributed by atoms with Gasteiger partial charge >= 0.3 is 0 Å². The first-order valence-electron chi connectivity index (χ1n) is 10.4. The van der Waals surface area contributed by atoms with Crippen LogP contribution >= 0.6 is 0 Å². The van der Waals surface area contributed by atoms with Crippen LogP contribution in [0.25, 0.3) is 0 Å². The fraction of sp³-hybridized carbons (Fsp3) is 0.739. The van der Waals surface area contributed by atoms with Crippen LogP contribution in [-0.4, -0.2) is 0 Å². The lowest BCUT2D eigenvalue weighted by molar-refractivity contribution is 0.346. The Labute approximate surface area is 175 Å². The fourth-order valence-electron chi connectivity index (χ4n) is 3.69. The van der Waals surface area contributed by atoms with E-state index in [2.05, 4.69) is 36.4 Å². The highest BCUT2D eigenvalue weighted by molar-refractivity contribution is 5.00. The maximum Gasteiger partial charge on any atom is 0.0656 e. The Morgan fingerprint density at radius 1 is 0.414 bits per heavy atom. The molecule has 0 aliphatic carbocycles. The van der Waals surface area contributed by atoms with Crippen molar-refractivity contribution >= 4 is 0 Å². The van der Waals surface area contributed by atoms with Crippen molar-refractivity contribution in [3.05, 3.63) is 0 Å². The second-order valence-corrected chi connectivity index (χ2v) is 7.71. The maximum atomic E-state index is 9.51. The van der Waals surface area contributed by atoms with Crippen molar-refractivity contribution in [3.8, 4) is 36.4 Å². The molecule has 0 bridgehead atoms. The lowest BCUT2D eigenvalue weighted by Gasteiger charge is -2.20. The van der Waals surface area contributed by atoms with E-state index in [9.17, 15) is 31.6 Å². The van der Waals surface area contributed by atoms with Gasteiger partial charge in [-0.1, -0.05) is 26.7 Å². The van der Waals surface area contributed by atoms with Gasteiger partial charge in [0.25, 0.3) is 0 Å². The van der Waals surface area contributed by atoms with Crippen LogP contribution in [0.5, 0.6) is 0 Å². The second-order valence-electron chi connectivity index (χ2n) is 7.71. The van der Waals surface area contributed by atoms with Crippen molar-refractivity contribution in [3.63, 3.8) is 0 Å². The molecule has 29 heavy (non-hydrogen) atoms. The summed E-state index contributed by atoms with van der Waals surface area (Å²) in [5, 5.41) is 56.3. The third-order valence-electron chi connectivity index (χ3n) is 5.21. The molecule has 6 atom stereocenters. The first kappa shape index (κ1) is 25.9. The molecule has 0 aromatic heterocycles. The van der Waals surface area contributed by atoms with E-state index in [1.54, 1.807) is 0 Å². The monoisotopic (exact) mass is 390 g/mol. The molecule has 0 rings (SSSR count). The number of hydrogen-bond acceptors (Lipinski definition) is 6. The molecule has 152 valence electrons. The summed E-state index contributed by atoms with van der Waals surface area (Å²) in [6.07, 6.45) is 5.05. The predicted octanol–water partition coefficient (Wildman–Crippen LogP) is 5.38. The minimum Gasteiger partial charge on any atom is -0.198 e. The van der Waals surface area contributed by atoms with Crippen LogP contribution in [0.15, 0.2) is 0 Å². The van der Waals surface area contributed by atoms with E-state index in [-0.39, 0.29) is 11.8 Å². The highest BCUT2D eigenvalue weighted by Gasteiger charge is 2.25. The predicted molar refractivity (Wildman–Crippen MR) is 108 cm³/mol. The van der Waals surface area contributed by atoms with Crippen LogP contribution in [0.4, 0.5) is 0 Å². The summed E-state index contributed by atoms with van der Waals surface area (Å²) < 4.78 is 0. The topological polar surface area (TPSA) is 143 Å². The zero-order valence-corrected chi connectivity index (χ0v) is 17.5. The first-order chi connectivity index (χ1) is 14.0. The lowest BCUT2D eigenvalue weighted by atomic mass is 9.80. The van der Waals surface area contributed by atoms with Crippen molar-refractivity contribution < 1.29 is 0 Å². The summed E-state index contributed by atoms with van der Waals surface area (Å²) in [6, 6.07) is 13.3. The highest BCUT2D eigenvalue weighted by atomic mass is 14.4. The molecule has 0 aliphatic heterocycles. The molecule has 0 saturated heterocycles. The second kappa shape index (κ2) is 15.9. The Kier molecular flexibility index (Phi) is 14.3. The Bertz CT molecular complexity index is 655. The van der Waals surface area contributed by atoms with Crippen molar-refractivity contribution in [2.45, 2.75) is 71.6 Å². The summed E-state index contributed by atoms with van der Waals surface area (Å²) >= 11 is 0. The SMILES string of the molecule is CCCC(C#N)CC(C#N)CC(C#N)CC(C#N)CC(C#N)CC(C#N)CCC. The lowest BCUT2D eigenvalue weighted by Crippen LogP contribution is -2.16. The van der Waals surface area contributed by atoms with E-state index in [1.165, 1.54) is 0 Å². The Hall–Kier alpha value is -3.06. The van der Waals surface area contributed by atoms with E-state index in [0.717, 1.165) is 25.7 Å². The first-order valence-corrected chi connectivity index (χ1v) is 10.4. The fourth-order valence-corrected chi connectivity index (χ4v) is 3.69. The average molecular weight is 391 g/mol. The van der Waals surface area contributed by atoms with Crippen molar-refractivity contribution in [2.24, 2.45) is 35.5 Å². The van der Waals surface area contributed by atoms with Gasteiger partial charge in [0, 0.05) is 35.5 Å². The van der Waals surface area contributed by atoms with Crippen LogP contribution in [0, 0.1) is 103 Å². The number of hydrogen-bond donors (Lipinski definition) is 0. The number of rotatable bonds is 14. The summed E-state index contributed by atoms with van der Waals surface area (Å²) in [4.78, 5) is 0. The molecule has 6 unspecified atom stereocenters. The zero-order valence-electron chi connectivity index (χ0n) is 17.5. The van der Waals surface area contributed by atoms with Gasteiger partial charge in [-0.05, 0) is 44.9 Å². The van der Waals surface area contributed by atoms with E-state index >= 15 is 0 Å². The van der Waals surface area contributed by atoms with Gasteiger partial charge in [0.1, 0.15) is 0 Å². The Balaban J connectivity index is 4.94. The molecule has 0 radical (unpaired) electrons. The molecule has 0 spiro atoms. The van der Waals surface area contributed by atoms with Gasteiger partial charge in [0.05, 0.1) is 36.4 Å². The van der Waals surface area contributed by atoms with Gasteiger partial charge in [-0.25, -0.2) is 0 Å². The van der Waals surface area contributed by atoms with Crippen molar-refractivity contribution in [1.82, 2.24) is 0 Å². The van der Waals surface area contributed by atoms with Crippen LogP contribution in [0.2, 0.25) is 0 Å². The molecule has 0 N–H and O–H groups in total. The smallest absolute Gasteiger partial charge is 0.0656 e. The third-order valence-corrected chi connectivity index (χ3v) is 5.21. The maximum absolute atomic E-state index is 9.51. The van der Waals surface area contributed by atoms with Crippen LogP contribution in [-0.2, 0) is 0 Å². The standard InChI is InChI=1S/C23H30N6/c1-3-5-18(12-24)7-20(14-26)9-22(16-28)11-23(17-29)10-21(15-27)8-19(13-25)6-4-2/h18-23H,3-11H2,1-2H3. The summed E-state index contributed by atoms with van der Waals surface area (Å²) in [5.41, 5.74) is 0. The molecule has 6 nitrogen and oxygen atoms in total. The van der Waals surface area contributed by atoms with Crippen molar-refractivity contribution in [2.75, 3.05) is 0 Å². The molecule has 0 saturated carbocycles. The molecule has 6 heteroatoms. The van der Waals surface area contributed by atoms with E-state index < -0.39 is 23.7 Å². The Morgan fingerprint density at radius 2 is 0.621 bits per heavy atom. The highest BCUT2D eigenvalue weighted by Crippen LogP contribution is 2.29. The van der Waals surface area contributed by atoms with E-state index in [0.29, 0.717) is 32.1 Å². The van der Waals surface area contributed by atoms with Crippen LogP contribution in [0.3, 0.4) is 0 Å². The normalized spacial score (nSPS) is 16.1. The Morgan fingerprint density at radius 3 is 0.793 bits per heavy atom. The molecular formula is C23H30N6. The van der Waals surface area contributed by atoms with Gasteiger partial charge in [0.2, 0.25) is 0 Å². The number of nitriles is 6. The van der Waals surface area contributed by atoms with Gasteiger partial charge < -0.3 is 0 Å². The molecule has 0 aromatic carbocycles. The van der Waals surface area contributed by atoms with Gasteiger partial charge in [-0.3, -0.25) is 0 Å². The molecule has 0 aliphatic rings. The summed E-state index contributed by atoms with van der Waals surface area (Å²) in [6.45, 7) is 3.98. The minimum absolute atomic E-state index is 0.194. The zero-order chi connectivity index (χ0) is 22.1. The quantitative estimate of drug-likeness (QED) is 0.389. The molecule has 0 heterocycles. The van der Waals surface area contributed by atoms with Gasteiger partial charge in [-0.15, -0.1) is 0 Å². The molecule has 0 fully saturated rings. The third kappa shape index (κ3) is 10.8. The van der Waals surface area contributed by atoms with E-state index in [4.69, 9.17) is 0 Å². The molecule has 0 amide bonds. The van der Waals surface area contributed by atoms with Gasteiger partial charge in [-0.2, -0.15) is 31.6 Å². The van der Waals surface area contributed by atoms with Crippen molar-refractivity contribution in [1.29, 1.82) is 31.6 Å². The minimum atomic E-state index is -0.466. The molecule has 0 aromatic rings. The van der Waals surface area contributed by atoms with Crippen LogP contribution < -0.4 is 0 Å². The summed E-state index contributed by atoms with van der Waals surface area (Å²) in [5.74, 6) is -2.11. The molecular weight excluding hydrogens is 360 g/mol. The van der Waals surface area contributed by atoms with Gasteiger partial charge in [0.15, 0.2) is 0 Å². The van der Waals surface area contributed by atoms with Crippen LogP contribution in [0.1, 0.15) is 71.6 Å². The summed E-state index contributed by atoms with van der Waals surface area (Å²) in [7, 11) is 0. The largest absolute Gasteiger partial charge is 0.198 e. The van der Waals surface area contributed by atoms with E-state index in [1.807, 2.05) is 13.8 Å². The average Bonchev–Trinajstić information content (AvgIpc) is 2.75. The number of nitrogens with zero attached hydrogens (tertiary/aromatic N) is 6.